The normalized spacial score (nSPS) is 24.8. The Hall–Kier alpha value is -1.03. The van der Waals surface area contributed by atoms with Gasteiger partial charge in [-0.25, -0.2) is 0 Å². The van der Waals surface area contributed by atoms with Crippen LogP contribution in [0.3, 0.4) is 0 Å². The molecule has 0 bridgehead atoms. The number of likely N-dealkylation sites (tertiary alicyclic amines) is 1. The number of anilines is 1. The minimum absolute atomic E-state index is 0.460. The van der Waals surface area contributed by atoms with Gasteiger partial charge in [0.2, 0.25) is 0 Å². The van der Waals surface area contributed by atoms with Gasteiger partial charge in [-0.2, -0.15) is 5.10 Å². The first-order valence-electron chi connectivity index (χ1n) is 4.78. The minimum atomic E-state index is 0.460. The molecule has 2 rings (SSSR count). The van der Waals surface area contributed by atoms with Gasteiger partial charge in [0, 0.05) is 6.07 Å². The van der Waals surface area contributed by atoms with Gasteiger partial charge in [0.25, 0.3) is 0 Å². The smallest absolute Gasteiger partial charge is 0.119 e. The summed E-state index contributed by atoms with van der Waals surface area (Å²) in [6.07, 6.45) is 3.79. The van der Waals surface area contributed by atoms with Crippen LogP contribution in [-0.2, 0) is 0 Å². The number of H-pyrrole nitrogens is 1. The fourth-order valence-corrected chi connectivity index (χ4v) is 1.97. The van der Waals surface area contributed by atoms with E-state index in [0.717, 1.165) is 12.2 Å². The van der Waals surface area contributed by atoms with E-state index in [4.69, 9.17) is 5.73 Å². The summed E-state index contributed by atoms with van der Waals surface area (Å²) < 4.78 is 0. The molecular weight excluding hydrogens is 164 g/mol. The van der Waals surface area contributed by atoms with Crippen LogP contribution in [0.4, 0.5) is 5.82 Å². The van der Waals surface area contributed by atoms with Crippen molar-refractivity contribution in [2.45, 2.75) is 25.3 Å². The Morgan fingerprint density at radius 1 is 1.62 bits per heavy atom. The lowest BCUT2D eigenvalue weighted by molar-refractivity contribution is 0.183. The number of aromatic nitrogens is 2. The third-order valence-electron chi connectivity index (χ3n) is 2.73. The van der Waals surface area contributed by atoms with Crippen LogP contribution in [0.5, 0.6) is 0 Å². The van der Waals surface area contributed by atoms with Crippen LogP contribution in [0.2, 0.25) is 0 Å². The van der Waals surface area contributed by atoms with Gasteiger partial charge in [-0.3, -0.25) is 10.00 Å². The van der Waals surface area contributed by atoms with Crippen molar-refractivity contribution in [3.8, 4) is 0 Å². The summed E-state index contributed by atoms with van der Waals surface area (Å²) >= 11 is 0. The fourth-order valence-electron chi connectivity index (χ4n) is 1.97. The van der Waals surface area contributed by atoms with Crippen LogP contribution in [-0.4, -0.2) is 28.7 Å². The van der Waals surface area contributed by atoms with E-state index >= 15 is 0 Å². The average Bonchev–Trinajstić information content (AvgIpc) is 2.53. The zero-order valence-electron chi connectivity index (χ0n) is 7.95. The van der Waals surface area contributed by atoms with Gasteiger partial charge in [-0.1, -0.05) is 6.42 Å². The lowest BCUT2D eigenvalue weighted by Gasteiger charge is -2.30. The summed E-state index contributed by atoms with van der Waals surface area (Å²) in [6, 6.07) is 2.40. The minimum Gasteiger partial charge on any atom is -0.384 e. The number of nitrogens with zero attached hydrogens (tertiary/aromatic N) is 2. The lowest BCUT2D eigenvalue weighted by atomic mass is 10.0. The monoisotopic (exact) mass is 180 g/mol. The van der Waals surface area contributed by atoms with Gasteiger partial charge < -0.3 is 5.73 Å². The van der Waals surface area contributed by atoms with Crippen LogP contribution >= 0.6 is 0 Å². The zero-order valence-corrected chi connectivity index (χ0v) is 7.95. The van der Waals surface area contributed by atoms with Crippen LogP contribution in [0.1, 0.15) is 31.0 Å². The Morgan fingerprint density at radius 2 is 2.46 bits per heavy atom. The SMILES string of the molecule is CN1CCCC[C@H]1c1cc(N)[nH]n1. The maximum absolute atomic E-state index is 5.59. The number of hydrogen-bond acceptors (Lipinski definition) is 3. The van der Waals surface area contributed by atoms with E-state index in [1.54, 1.807) is 0 Å². The maximum Gasteiger partial charge on any atom is 0.119 e. The molecule has 0 unspecified atom stereocenters. The molecule has 4 heteroatoms. The Balaban J connectivity index is 2.14. The summed E-state index contributed by atoms with van der Waals surface area (Å²) in [5.74, 6) is 0.661. The van der Waals surface area contributed by atoms with Crippen molar-refractivity contribution < 1.29 is 0 Å². The van der Waals surface area contributed by atoms with E-state index in [2.05, 4.69) is 22.1 Å². The Labute approximate surface area is 78.1 Å². The highest BCUT2D eigenvalue weighted by Crippen LogP contribution is 2.28. The van der Waals surface area contributed by atoms with E-state index in [-0.39, 0.29) is 0 Å². The molecule has 1 aromatic rings. The number of nitrogen functional groups attached to an aromatic ring is 1. The van der Waals surface area contributed by atoms with Crippen LogP contribution in [0, 0.1) is 0 Å². The first-order valence-corrected chi connectivity index (χ1v) is 4.78. The van der Waals surface area contributed by atoms with Crippen molar-refractivity contribution in [1.82, 2.24) is 15.1 Å². The van der Waals surface area contributed by atoms with Crippen molar-refractivity contribution in [3.63, 3.8) is 0 Å². The summed E-state index contributed by atoms with van der Waals surface area (Å²) in [5.41, 5.74) is 6.68. The van der Waals surface area contributed by atoms with E-state index in [1.807, 2.05) is 6.07 Å². The topological polar surface area (TPSA) is 57.9 Å². The number of aromatic amines is 1. The molecule has 1 aliphatic rings. The first-order chi connectivity index (χ1) is 6.27. The van der Waals surface area contributed by atoms with Crippen LogP contribution in [0.15, 0.2) is 6.07 Å². The molecule has 72 valence electrons. The van der Waals surface area contributed by atoms with Crippen LogP contribution < -0.4 is 5.73 Å². The molecular formula is C9H16N4. The Bertz CT molecular complexity index is 281. The maximum atomic E-state index is 5.59. The number of nitrogens with two attached hydrogens (primary N) is 1. The Morgan fingerprint density at radius 3 is 3.08 bits per heavy atom. The summed E-state index contributed by atoms with van der Waals surface area (Å²) in [4.78, 5) is 2.35. The van der Waals surface area contributed by atoms with Gasteiger partial charge in [-0.05, 0) is 26.4 Å². The molecule has 1 fully saturated rings. The quantitative estimate of drug-likeness (QED) is 0.681. The molecule has 13 heavy (non-hydrogen) atoms. The molecule has 0 spiro atoms. The number of hydrogen-bond donors (Lipinski definition) is 2. The molecule has 4 nitrogen and oxygen atoms in total. The van der Waals surface area contributed by atoms with Crippen molar-refractivity contribution in [1.29, 1.82) is 0 Å². The second-order valence-corrected chi connectivity index (χ2v) is 3.74. The van der Waals surface area contributed by atoms with E-state index in [1.165, 1.54) is 19.3 Å². The largest absolute Gasteiger partial charge is 0.384 e. The second kappa shape index (κ2) is 3.38. The summed E-state index contributed by atoms with van der Waals surface area (Å²) in [6.45, 7) is 1.16. The molecule has 0 aromatic carbocycles. The third kappa shape index (κ3) is 1.67. The predicted molar refractivity (Wildman–Crippen MR) is 52.2 cm³/mol. The molecule has 1 aliphatic heterocycles. The van der Waals surface area contributed by atoms with Gasteiger partial charge >= 0.3 is 0 Å². The molecule has 0 amide bonds. The standard InChI is InChI=1S/C9H16N4/c1-13-5-3-2-4-8(13)7-6-9(10)12-11-7/h6,8H,2-5H2,1H3,(H3,10,11,12)/t8-/m0/s1. The number of piperidine rings is 1. The molecule has 1 saturated heterocycles. The van der Waals surface area contributed by atoms with Crippen molar-refractivity contribution in [3.05, 3.63) is 11.8 Å². The molecule has 2 heterocycles. The highest BCUT2D eigenvalue weighted by molar-refractivity contribution is 5.30. The lowest BCUT2D eigenvalue weighted by Crippen LogP contribution is -2.29. The van der Waals surface area contributed by atoms with Gasteiger partial charge in [0.15, 0.2) is 0 Å². The van der Waals surface area contributed by atoms with Gasteiger partial charge in [0.1, 0.15) is 5.82 Å². The molecule has 0 aliphatic carbocycles. The van der Waals surface area contributed by atoms with Crippen molar-refractivity contribution in [2.75, 3.05) is 19.3 Å². The highest BCUT2D eigenvalue weighted by Gasteiger charge is 2.22. The molecule has 1 aromatic heterocycles. The summed E-state index contributed by atoms with van der Waals surface area (Å²) in [5, 5.41) is 6.99. The van der Waals surface area contributed by atoms with Crippen molar-refractivity contribution in [2.24, 2.45) is 0 Å². The predicted octanol–water partition coefficient (Wildman–Crippen LogP) is 1.15. The molecule has 3 N–H and O–H groups in total. The van der Waals surface area contributed by atoms with Crippen molar-refractivity contribution >= 4 is 5.82 Å². The van der Waals surface area contributed by atoms with Gasteiger partial charge in [-0.15, -0.1) is 0 Å². The molecule has 0 radical (unpaired) electrons. The average molecular weight is 180 g/mol. The van der Waals surface area contributed by atoms with E-state index in [9.17, 15) is 0 Å². The van der Waals surface area contributed by atoms with Crippen LogP contribution in [0.25, 0.3) is 0 Å². The number of nitrogens with one attached hydrogen (secondary N) is 1. The van der Waals surface area contributed by atoms with E-state index < -0.39 is 0 Å². The molecule has 0 saturated carbocycles. The molecule has 1 atom stereocenters. The van der Waals surface area contributed by atoms with E-state index in [0.29, 0.717) is 11.9 Å². The van der Waals surface area contributed by atoms with Gasteiger partial charge in [0.05, 0.1) is 11.7 Å². The summed E-state index contributed by atoms with van der Waals surface area (Å²) in [7, 11) is 2.15. The zero-order chi connectivity index (χ0) is 9.26. The fraction of sp³-hybridized carbons (Fsp3) is 0.667. The third-order valence-corrected chi connectivity index (χ3v) is 2.73. The highest BCUT2D eigenvalue weighted by atomic mass is 15.2. The second-order valence-electron chi connectivity index (χ2n) is 3.74. The number of rotatable bonds is 1. The first kappa shape index (κ1) is 8.56. The Kier molecular flexibility index (Phi) is 2.22.